The van der Waals surface area contributed by atoms with Gasteiger partial charge in [-0.3, -0.25) is 0 Å². The Morgan fingerprint density at radius 3 is 2.75 bits per heavy atom. The van der Waals surface area contributed by atoms with E-state index in [9.17, 15) is 0 Å². The molecule has 0 aromatic carbocycles. The third-order valence-corrected chi connectivity index (χ3v) is 2.39. The van der Waals surface area contributed by atoms with Crippen LogP contribution in [0.4, 0.5) is 0 Å². The maximum atomic E-state index is 5.87. The molecule has 0 aromatic heterocycles. The highest BCUT2D eigenvalue weighted by Crippen LogP contribution is 2.15. The van der Waals surface area contributed by atoms with E-state index >= 15 is 0 Å². The van der Waals surface area contributed by atoms with Crippen molar-refractivity contribution < 1.29 is 14.2 Å². The number of morpholine rings is 1. The van der Waals surface area contributed by atoms with Crippen LogP contribution in [0.3, 0.4) is 0 Å². The summed E-state index contributed by atoms with van der Waals surface area (Å²) < 4.78 is 16.8. The second-order valence-electron chi connectivity index (χ2n) is 5.12. The standard InChI is InChI=1S/C12H25NO3/c1-10(2)15-6-5-14-8-11-7-13-9-12(3,4)16-11/h10-11,13H,5-9H2,1-4H3. The van der Waals surface area contributed by atoms with E-state index in [2.05, 4.69) is 19.2 Å². The molecule has 1 aliphatic heterocycles. The Hall–Kier alpha value is -0.160. The molecule has 1 N–H and O–H groups in total. The minimum atomic E-state index is -0.0826. The monoisotopic (exact) mass is 231 g/mol. The number of rotatable bonds is 6. The van der Waals surface area contributed by atoms with Crippen LogP contribution in [0.25, 0.3) is 0 Å². The largest absolute Gasteiger partial charge is 0.376 e. The summed E-state index contributed by atoms with van der Waals surface area (Å²) in [6, 6.07) is 0. The third kappa shape index (κ3) is 5.80. The lowest BCUT2D eigenvalue weighted by Crippen LogP contribution is -2.51. The molecule has 0 saturated carbocycles. The minimum absolute atomic E-state index is 0.0826. The summed E-state index contributed by atoms with van der Waals surface area (Å²) in [5, 5.41) is 3.35. The van der Waals surface area contributed by atoms with Crippen molar-refractivity contribution in [1.82, 2.24) is 5.32 Å². The Morgan fingerprint density at radius 1 is 1.38 bits per heavy atom. The molecule has 4 nitrogen and oxygen atoms in total. The van der Waals surface area contributed by atoms with Crippen molar-refractivity contribution in [2.24, 2.45) is 0 Å². The van der Waals surface area contributed by atoms with Crippen LogP contribution in [0.2, 0.25) is 0 Å². The van der Waals surface area contributed by atoms with E-state index in [0.29, 0.717) is 19.8 Å². The van der Waals surface area contributed by atoms with E-state index in [-0.39, 0.29) is 17.8 Å². The maximum Gasteiger partial charge on any atom is 0.0940 e. The molecule has 1 fully saturated rings. The van der Waals surface area contributed by atoms with Crippen LogP contribution in [-0.2, 0) is 14.2 Å². The molecule has 1 atom stereocenters. The first-order chi connectivity index (χ1) is 7.49. The van der Waals surface area contributed by atoms with Crippen molar-refractivity contribution in [3.8, 4) is 0 Å². The van der Waals surface area contributed by atoms with Gasteiger partial charge in [0, 0.05) is 13.1 Å². The van der Waals surface area contributed by atoms with Crippen molar-refractivity contribution in [1.29, 1.82) is 0 Å². The van der Waals surface area contributed by atoms with Gasteiger partial charge in [0.15, 0.2) is 0 Å². The molecule has 0 radical (unpaired) electrons. The Kier molecular flexibility index (Phi) is 5.69. The van der Waals surface area contributed by atoms with Crippen molar-refractivity contribution in [3.63, 3.8) is 0 Å². The van der Waals surface area contributed by atoms with Gasteiger partial charge in [0.2, 0.25) is 0 Å². The minimum Gasteiger partial charge on any atom is -0.376 e. The second kappa shape index (κ2) is 6.55. The summed E-state index contributed by atoms with van der Waals surface area (Å²) >= 11 is 0. The fourth-order valence-corrected chi connectivity index (χ4v) is 1.72. The van der Waals surface area contributed by atoms with Gasteiger partial charge < -0.3 is 19.5 Å². The van der Waals surface area contributed by atoms with Gasteiger partial charge in [-0.25, -0.2) is 0 Å². The molecule has 96 valence electrons. The van der Waals surface area contributed by atoms with Gasteiger partial charge in [0.05, 0.1) is 37.6 Å². The Morgan fingerprint density at radius 2 is 2.12 bits per heavy atom. The summed E-state index contributed by atoms with van der Waals surface area (Å²) in [6.07, 6.45) is 0.429. The van der Waals surface area contributed by atoms with Gasteiger partial charge in [-0.1, -0.05) is 0 Å². The fourth-order valence-electron chi connectivity index (χ4n) is 1.72. The molecule has 1 unspecified atom stereocenters. The molecule has 16 heavy (non-hydrogen) atoms. The molecule has 0 aliphatic carbocycles. The summed E-state index contributed by atoms with van der Waals surface area (Å²) in [5.74, 6) is 0. The zero-order valence-corrected chi connectivity index (χ0v) is 10.9. The van der Waals surface area contributed by atoms with Crippen molar-refractivity contribution >= 4 is 0 Å². The first-order valence-electron chi connectivity index (χ1n) is 6.07. The first-order valence-corrected chi connectivity index (χ1v) is 6.07. The lowest BCUT2D eigenvalue weighted by Gasteiger charge is -2.36. The molecule has 4 heteroatoms. The highest BCUT2D eigenvalue weighted by atomic mass is 16.6. The van der Waals surface area contributed by atoms with Gasteiger partial charge in [-0.05, 0) is 27.7 Å². The van der Waals surface area contributed by atoms with Gasteiger partial charge in [0.25, 0.3) is 0 Å². The molecule has 0 bridgehead atoms. The van der Waals surface area contributed by atoms with Gasteiger partial charge >= 0.3 is 0 Å². The lowest BCUT2D eigenvalue weighted by molar-refractivity contribution is -0.123. The predicted octanol–water partition coefficient (Wildman–Crippen LogP) is 1.19. The van der Waals surface area contributed by atoms with E-state index in [1.807, 2.05) is 13.8 Å². The Bertz CT molecular complexity index is 195. The van der Waals surface area contributed by atoms with Crippen molar-refractivity contribution in [2.45, 2.75) is 45.5 Å². The summed E-state index contributed by atoms with van der Waals surface area (Å²) in [4.78, 5) is 0. The zero-order chi connectivity index (χ0) is 12.0. The summed E-state index contributed by atoms with van der Waals surface area (Å²) in [5.41, 5.74) is -0.0826. The zero-order valence-electron chi connectivity index (χ0n) is 10.9. The predicted molar refractivity (Wildman–Crippen MR) is 63.7 cm³/mol. The van der Waals surface area contributed by atoms with E-state index in [4.69, 9.17) is 14.2 Å². The van der Waals surface area contributed by atoms with Gasteiger partial charge in [0.1, 0.15) is 0 Å². The highest BCUT2D eigenvalue weighted by molar-refractivity contribution is 4.81. The van der Waals surface area contributed by atoms with Crippen LogP contribution < -0.4 is 5.32 Å². The molecule has 0 aromatic rings. The maximum absolute atomic E-state index is 5.87. The summed E-state index contributed by atoms with van der Waals surface area (Å²) in [7, 11) is 0. The number of hydrogen-bond acceptors (Lipinski definition) is 4. The van der Waals surface area contributed by atoms with E-state index in [1.54, 1.807) is 0 Å². The molecule has 1 aliphatic rings. The van der Waals surface area contributed by atoms with Crippen LogP contribution in [0.5, 0.6) is 0 Å². The SMILES string of the molecule is CC(C)OCCOCC1CNCC(C)(C)O1. The van der Waals surface area contributed by atoms with Crippen molar-refractivity contribution in [2.75, 3.05) is 32.9 Å². The third-order valence-electron chi connectivity index (χ3n) is 2.39. The van der Waals surface area contributed by atoms with Crippen LogP contribution >= 0.6 is 0 Å². The number of hydrogen-bond donors (Lipinski definition) is 1. The van der Waals surface area contributed by atoms with E-state index in [1.165, 1.54) is 0 Å². The van der Waals surface area contributed by atoms with E-state index < -0.39 is 0 Å². The quantitative estimate of drug-likeness (QED) is 0.697. The Labute approximate surface area is 98.6 Å². The second-order valence-corrected chi connectivity index (χ2v) is 5.12. The van der Waals surface area contributed by atoms with Crippen LogP contribution in [0, 0.1) is 0 Å². The molecule has 1 heterocycles. The van der Waals surface area contributed by atoms with Crippen molar-refractivity contribution in [3.05, 3.63) is 0 Å². The normalized spacial score (nSPS) is 24.9. The number of nitrogens with one attached hydrogen (secondary N) is 1. The molecule has 0 amide bonds. The number of ether oxygens (including phenoxy) is 3. The summed E-state index contributed by atoms with van der Waals surface area (Å²) in [6.45, 7) is 11.9. The average Bonchev–Trinajstić information content (AvgIpc) is 2.15. The highest BCUT2D eigenvalue weighted by Gasteiger charge is 2.28. The smallest absolute Gasteiger partial charge is 0.0940 e. The molecule has 0 spiro atoms. The lowest BCUT2D eigenvalue weighted by atomic mass is 10.1. The molecular weight excluding hydrogens is 206 g/mol. The molecular formula is C12H25NO3. The molecule has 1 rings (SSSR count). The fraction of sp³-hybridized carbons (Fsp3) is 1.00. The average molecular weight is 231 g/mol. The topological polar surface area (TPSA) is 39.7 Å². The molecule has 1 saturated heterocycles. The van der Waals surface area contributed by atoms with Crippen LogP contribution in [0.15, 0.2) is 0 Å². The first kappa shape index (κ1) is 13.9. The van der Waals surface area contributed by atoms with Crippen LogP contribution in [0.1, 0.15) is 27.7 Å². The van der Waals surface area contributed by atoms with Gasteiger partial charge in [-0.2, -0.15) is 0 Å². The van der Waals surface area contributed by atoms with Crippen LogP contribution in [-0.4, -0.2) is 50.7 Å². The Balaban J connectivity index is 2.04. The van der Waals surface area contributed by atoms with Gasteiger partial charge in [-0.15, -0.1) is 0 Å². The van der Waals surface area contributed by atoms with E-state index in [0.717, 1.165) is 13.1 Å².